The molecule has 3 aromatic carbocycles. The second kappa shape index (κ2) is 8.16. The number of nitrogens with one attached hydrogen (secondary N) is 2. The molecule has 0 bridgehead atoms. The monoisotopic (exact) mass is 412 g/mol. The number of aromatic nitrogens is 4. The highest BCUT2D eigenvalue weighted by Gasteiger charge is 2.14. The number of nitrogens with zero attached hydrogens (tertiary/aromatic N) is 2. The molecule has 2 N–H and O–H groups in total. The van der Waals surface area contributed by atoms with E-state index in [1.807, 2.05) is 55.5 Å². The Hall–Kier alpha value is -3.77. The number of H-pyrrole nitrogens is 2. The lowest BCUT2D eigenvalue weighted by molar-refractivity contribution is 0.0475. The molecule has 1 atom stereocenters. The maximum atomic E-state index is 13.3. The molecule has 0 saturated heterocycles. The van der Waals surface area contributed by atoms with E-state index in [0.717, 1.165) is 44.8 Å². The van der Waals surface area contributed by atoms with Gasteiger partial charge in [-0.05, 0) is 54.4 Å². The Morgan fingerprint density at radius 3 is 2.55 bits per heavy atom. The molecule has 5 rings (SSSR count). The third-order valence-electron chi connectivity index (χ3n) is 5.31. The normalized spacial score (nSPS) is 12.3. The molecule has 0 saturated carbocycles. The number of halogens is 1. The number of imidazole rings is 1. The molecule has 0 aliphatic heterocycles. The summed E-state index contributed by atoms with van der Waals surface area (Å²) in [6, 6.07) is 22.5. The minimum Gasteiger partial charge on any atom is -0.366 e. The minimum absolute atomic E-state index is 0.167. The summed E-state index contributed by atoms with van der Waals surface area (Å²) in [5.41, 5.74) is 6.59. The Bertz CT molecular complexity index is 1310. The molecule has 2 heterocycles. The quantitative estimate of drug-likeness (QED) is 0.357. The van der Waals surface area contributed by atoms with Crippen LogP contribution in [0.3, 0.4) is 0 Å². The standard InChI is InChI=1S/C25H21FN4O/c1-16(31-15-17-5-3-2-4-6-17)25-28-22-12-9-19(13-23(22)29-25)21-14-27-30-24(21)18-7-10-20(26)11-8-18/h2-14,16H,15H2,1H3,(H,27,30)(H,28,29). The molecule has 0 spiro atoms. The van der Waals surface area contributed by atoms with Crippen LogP contribution in [0.1, 0.15) is 24.4 Å². The van der Waals surface area contributed by atoms with Gasteiger partial charge in [0.25, 0.3) is 0 Å². The SMILES string of the molecule is CC(OCc1ccccc1)c1nc2ccc(-c3cn[nH]c3-c3ccc(F)cc3)cc2[nH]1. The summed E-state index contributed by atoms with van der Waals surface area (Å²) in [4.78, 5) is 8.08. The average molecular weight is 412 g/mol. The lowest BCUT2D eigenvalue weighted by Gasteiger charge is -2.10. The van der Waals surface area contributed by atoms with Crippen LogP contribution in [0.5, 0.6) is 0 Å². The van der Waals surface area contributed by atoms with Gasteiger partial charge in [0.15, 0.2) is 0 Å². The molecule has 1 unspecified atom stereocenters. The van der Waals surface area contributed by atoms with E-state index in [9.17, 15) is 4.39 Å². The third kappa shape index (κ3) is 3.98. The Balaban J connectivity index is 1.40. The second-order valence-corrected chi connectivity index (χ2v) is 7.46. The number of aromatic amines is 2. The van der Waals surface area contributed by atoms with Crippen LogP contribution in [0.2, 0.25) is 0 Å². The smallest absolute Gasteiger partial charge is 0.136 e. The predicted octanol–water partition coefficient (Wildman–Crippen LogP) is 6.04. The summed E-state index contributed by atoms with van der Waals surface area (Å²) in [5, 5.41) is 7.22. The molecule has 0 aliphatic carbocycles. The largest absolute Gasteiger partial charge is 0.366 e. The number of benzene rings is 3. The average Bonchev–Trinajstić information content (AvgIpc) is 3.45. The Morgan fingerprint density at radius 2 is 1.74 bits per heavy atom. The van der Waals surface area contributed by atoms with E-state index in [-0.39, 0.29) is 11.9 Å². The van der Waals surface area contributed by atoms with E-state index in [4.69, 9.17) is 9.72 Å². The van der Waals surface area contributed by atoms with E-state index < -0.39 is 0 Å². The lowest BCUT2D eigenvalue weighted by atomic mass is 10.0. The van der Waals surface area contributed by atoms with Gasteiger partial charge in [0.05, 0.1) is 29.5 Å². The molecule has 154 valence electrons. The highest BCUT2D eigenvalue weighted by atomic mass is 19.1. The Kier molecular flexibility index (Phi) is 5.06. The second-order valence-electron chi connectivity index (χ2n) is 7.46. The van der Waals surface area contributed by atoms with Gasteiger partial charge in [0.1, 0.15) is 17.7 Å². The fraction of sp³-hybridized carbons (Fsp3) is 0.120. The first-order chi connectivity index (χ1) is 15.2. The van der Waals surface area contributed by atoms with Gasteiger partial charge >= 0.3 is 0 Å². The molecule has 0 fully saturated rings. The van der Waals surface area contributed by atoms with Crippen LogP contribution in [0.15, 0.2) is 79.0 Å². The molecule has 0 radical (unpaired) electrons. The molecular weight excluding hydrogens is 391 g/mol. The van der Waals surface area contributed by atoms with Gasteiger partial charge in [-0.15, -0.1) is 0 Å². The number of hydrogen-bond acceptors (Lipinski definition) is 3. The van der Waals surface area contributed by atoms with E-state index in [2.05, 4.69) is 15.2 Å². The first-order valence-corrected chi connectivity index (χ1v) is 10.1. The van der Waals surface area contributed by atoms with Crippen LogP contribution in [0.25, 0.3) is 33.4 Å². The van der Waals surface area contributed by atoms with Gasteiger partial charge in [-0.3, -0.25) is 5.10 Å². The molecule has 31 heavy (non-hydrogen) atoms. The molecule has 6 heteroatoms. The van der Waals surface area contributed by atoms with Gasteiger partial charge < -0.3 is 9.72 Å². The van der Waals surface area contributed by atoms with Crippen LogP contribution in [0.4, 0.5) is 4.39 Å². The van der Waals surface area contributed by atoms with Crippen LogP contribution in [-0.2, 0) is 11.3 Å². The zero-order chi connectivity index (χ0) is 21.2. The van der Waals surface area contributed by atoms with Crippen molar-refractivity contribution < 1.29 is 9.13 Å². The van der Waals surface area contributed by atoms with Gasteiger partial charge in [-0.2, -0.15) is 5.10 Å². The van der Waals surface area contributed by atoms with E-state index in [0.29, 0.717) is 6.61 Å². The fourth-order valence-electron chi connectivity index (χ4n) is 3.61. The Morgan fingerprint density at radius 1 is 0.968 bits per heavy atom. The van der Waals surface area contributed by atoms with Crippen molar-refractivity contribution in [2.75, 3.05) is 0 Å². The van der Waals surface area contributed by atoms with Gasteiger partial charge in [0.2, 0.25) is 0 Å². The summed E-state index contributed by atoms with van der Waals surface area (Å²) in [6.07, 6.45) is 1.61. The summed E-state index contributed by atoms with van der Waals surface area (Å²) in [5.74, 6) is 0.522. The molecular formula is C25H21FN4O. The van der Waals surface area contributed by atoms with Crippen molar-refractivity contribution in [2.24, 2.45) is 0 Å². The topological polar surface area (TPSA) is 66.6 Å². The first-order valence-electron chi connectivity index (χ1n) is 10.1. The number of fused-ring (bicyclic) bond motifs is 1. The van der Waals surface area contributed by atoms with Gasteiger partial charge in [-0.25, -0.2) is 9.37 Å². The summed E-state index contributed by atoms with van der Waals surface area (Å²) < 4.78 is 19.3. The van der Waals surface area contributed by atoms with E-state index in [1.165, 1.54) is 12.1 Å². The predicted molar refractivity (Wildman–Crippen MR) is 119 cm³/mol. The maximum Gasteiger partial charge on any atom is 0.136 e. The lowest BCUT2D eigenvalue weighted by Crippen LogP contribution is -2.02. The van der Waals surface area contributed by atoms with Crippen molar-refractivity contribution in [3.8, 4) is 22.4 Å². The van der Waals surface area contributed by atoms with Crippen LogP contribution < -0.4 is 0 Å². The molecule has 5 nitrogen and oxygen atoms in total. The molecule has 0 aliphatic rings. The first kappa shape index (κ1) is 19.2. The van der Waals surface area contributed by atoms with Gasteiger partial charge in [0, 0.05) is 11.1 Å². The fourth-order valence-corrected chi connectivity index (χ4v) is 3.61. The van der Waals surface area contributed by atoms with E-state index in [1.54, 1.807) is 18.3 Å². The van der Waals surface area contributed by atoms with E-state index >= 15 is 0 Å². The maximum absolute atomic E-state index is 13.3. The minimum atomic E-state index is -0.264. The van der Waals surface area contributed by atoms with Crippen LogP contribution in [-0.4, -0.2) is 20.2 Å². The summed E-state index contributed by atoms with van der Waals surface area (Å²) >= 11 is 0. The zero-order valence-corrected chi connectivity index (χ0v) is 17.0. The highest BCUT2D eigenvalue weighted by Crippen LogP contribution is 2.32. The summed E-state index contributed by atoms with van der Waals surface area (Å²) in [7, 11) is 0. The number of ether oxygens (including phenoxy) is 1. The van der Waals surface area contributed by atoms with Gasteiger partial charge in [-0.1, -0.05) is 36.4 Å². The number of rotatable bonds is 6. The van der Waals surface area contributed by atoms with Crippen molar-refractivity contribution in [2.45, 2.75) is 19.6 Å². The zero-order valence-electron chi connectivity index (χ0n) is 17.0. The van der Waals surface area contributed by atoms with Crippen molar-refractivity contribution in [3.63, 3.8) is 0 Å². The third-order valence-corrected chi connectivity index (χ3v) is 5.31. The van der Waals surface area contributed by atoms with Crippen LogP contribution >= 0.6 is 0 Å². The molecule has 2 aromatic heterocycles. The van der Waals surface area contributed by atoms with Crippen molar-refractivity contribution in [1.82, 2.24) is 20.2 Å². The summed E-state index contributed by atoms with van der Waals surface area (Å²) in [6.45, 7) is 2.52. The van der Waals surface area contributed by atoms with Crippen molar-refractivity contribution >= 4 is 11.0 Å². The van der Waals surface area contributed by atoms with Crippen molar-refractivity contribution in [1.29, 1.82) is 0 Å². The number of hydrogen-bond donors (Lipinski definition) is 2. The Labute approximate surface area is 178 Å². The van der Waals surface area contributed by atoms with Crippen molar-refractivity contribution in [3.05, 3.63) is 96.2 Å². The highest BCUT2D eigenvalue weighted by molar-refractivity contribution is 5.86. The molecule has 5 aromatic rings. The van der Waals surface area contributed by atoms with Crippen LogP contribution in [0, 0.1) is 5.82 Å². The molecule has 0 amide bonds.